The molecule has 5 heteroatoms. The summed E-state index contributed by atoms with van der Waals surface area (Å²) in [7, 11) is 1.53. The topological polar surface area (TPSA) is 46.5 Å². The molecule has 0 heterocycles. The van der Waals surface area contributed by atoms with Gasteiger partial charge in [-0.05, 0) is 42.7 Å². The van der Waals surface area contributed by atoms with Gasteiger partial charge in [-0.3, -0.25) is 4.79 Å². The fourth-order valence-electron chi connectivity index (χ4n) is 2.42. The number of hydrogen-bond acceptors (Lipinski definition) is 3. The van der Waals surface area contributed by atoms with Crippen LogP contribution in [-0.2, 0) is 11.2 Å². The highest BCUT2D eigenvalue weighted by Gasteiger charge is 2.11. The highest BCUT2D eigenvalue weighted by molar-refractivity contribution is 5.83. The molecule has 0 amide bonds. The number of aldehydes is 1. The first-order chi connectivity index (χ1) is 14.0. The highest BCUT2D eigenvalue weighted by Crippen LogP contribution is 2.29. The van der Waals surface area contributed by atoms with Crippen LogP contribution in [0, 0.1) is 0 Å². The van der Waals surface area contributed by atoms with Crippen LogP contribution < -0.4 is 4.74 Å². The normalized spacial score (nSPS) is 11.1. The number of rotatable bonds is 9. The van der Waals surface area contributed by atoms with E-state index in [1.165, 1.54) is 32.1 Å². The lowest BCUT2D eigenvalue weighted by molar-refractivity contribution is -0.105. The molecule has 0 radical (unpaired) electrons. The van der Waals surface area contributed by atoms with Gasteiger partial charge in [-0.25, -0.2) is 8.78 Å². The third kappa shape index (κ3) is 8.40. The smallest absolute Gasteiger partial charge is 0.166 e. The van der Waals surface area contributed by atoms with Gasteiger partial charge in [0.2, 0.25) is 0 Å². The van der Waals surface area contributed by atoms with E-state index in [1.54, 1.807) is 24.3 Å². The molecule has 156 valence electrons. The number of benzene rings is 2. The van der Waals surface area contributed by atoms with Crippen molar-refractivity contribution >= 4 is 17.9 Å². The van der Waals surface area contributed by atoms with E-state index in [0.29, 0.717) is 12.0 Å². The zero-order valence-corrected chi connectivity index (χ0v) is 17.0. The molecular weight excluding hydrogens is 374 g/mol. The van der Waals surface area contributed by atoms with Crippen LogP contribution in [0.4, 0.5) is 8.78 Å². The molecule has 2 rings (SSSR count). The van der Waals surface area contributed by atoms with E-state index in [2.05, 4.69) is 13.5 Å². The summed E-state index contributed by atoms with van der Waals surface area (Å²) >= 11 is 0. The minimum absolute atomic E-state index is 0.204. The van der Waals surface area contributed by atoms with E-state index < -0.39 is 11.7 Å². The van der Waals surface area contributed by atoms with E-state index >= 15 is 0 Å². The van der Waals surface area contributed by atoms with E-state index in [0.717, 1.165) is 18.4 Å². The molecule has 0 unspecified atom stereocenters. The van der Waals surface area contributed by atoms with Gasteiger partial charge in [0.15, 0.2) is 11.7 Å². The summed E-state index contributed by atoms with van der Waals surface area (Å²) < 4.78 is 33.6. The minimum atomic E-state index is -0.855. The molecule has 0 aliphatic heterocycles. The Bertz CT molecular complexity index is 794. The van der Waals surface area contributed by atoms with Gasteiger partial charge in [-0.2, -0.15) is 0 Å². The average molecular weight is 402 g/mol. The molecule has 1 N–H and O–H groups in total. The number of halogens is 2. The van der Waals surface area contributed by atoms with Crippen molar-refractivity contribution in [2.75, 3.05) is 13.7 Å². The van der Waals surface area contributed by atoms with Gasteiger partial charge in [-0.15, -0.1) is 0 Å². The molecule has 0 aliphatic carbocycles. The van der Waals surface area contributed by atoms with Gasteiger partial charge in [-0.1, -0.05) is 50.6 Å². The van der Waals surface area contributed by atoms with Crippen molar-refractivity contribution in [2.24, 2.45) is 0 Å². The van der Waals surface area contributed by atoms with Gasteiger partial charge in [0.05, 0.1) is 13.7 Å². The minimum Gasteiger partial charge on any atom is -0.497 e. The largest absolute Gasteiger partial charge is 0.497 e. The summed E-state index contributed by atoms with van der Waals surface area (Å²) in [6, 6.07) is 13.2. The Morgan fingerprint density at radius 2 is 1.52 bits per heavy atom. The second-order valence-corrected chi connectivity index (χ2v) is 6.44. The summed E-state index contributed by atoms with van der Waals surface area (Å²) in [4.78, 5) is 9.48. The standard InChI is InChI=1S/C20H22F2O.C4H6O2/c1-3-4-5-6-15-7-9-16(10-8-15)19(21)20(22)17-11-13-18(23-2)14-12-17;1-4(2-5)3-6/h7-14H,3-6H2,1-2H3;2,6H,1,3H2/b20-19+;. The maximum Gasteiger partial charge on any atom is 0.166 e. The van der Waals surface area contributed by atoms with Crippen molar-refractivity contribution in [3.8, 4) is 5.75 Å². The zero-order valence-electron chi connectivity index (χ0n) is 17.0. The molecule has 0 aromatic heterocycles. The molecule has 2 aromatic carbocycles. The molecule has 2 aromatic rings. The van der Waals surface area contributed by atoms with E-state index in [4.69, 9.17) is 9.84 Å². The van der Waals surface area contributed by atoms with Crippen molar-refractivity contribution in [2.45, 2.75) is 32.6 Å². The predicted molar refractivity (Wildman–Crippen MR) is 114 cm³/mol. The van der Waals surface area contributed by atoms with Crippen molar-refractivity contribution in [3.63, 3.8) is 0 Å². The van der Waals surface area contributed by atoms with Crippen LogP contribution in [0.3, 0.4) is 0 Å². The first-order valence-corrected chi connectivity index (χ1v) is 9.49. The molecule has 0 aliphatic rings. The van der Waals surface area contributed by atoms with Gasteiger partial charge in [0.1, 0.15) is 12.0 Å². The quantitative estimate of drug-likeness (QED) is 0.245. The molecule has 3 nitrogen and oxygen atoms in total. The van der Waals surface area contributed by atoms with Gasteiger partial charge < -0.3 is 9.84 Å². The highest BCUT2D eigenvalue weighted by atomic mass is 19.2. The van der Waals surface area contributed by atoms with Crippen molar-refractivity contribution < 1.29 is 23.4 Å². The number of ether oxygens (including phenoxy) is 1. The number of carbonyl (C=O) groups excluding carboxylic acids is 1. The second-order valence-electron chi connectivity index (χ2n) is 6.44. The number of methoxy groups -OCH3 is 1. The number of aliphatic hydroxyl groups excluding tert-OH is 1. The van der Waals surface area contributed by atoms with Crippen LogP contribution in [0.5, 0.6) is 5.75 Å². The Morgan fingerprint density at radius 1 is 1.00 bits per heavy atom. The fraction of sp³-hybridized carbons (Fsp3) is 0.292. The average Bonchev–Trinajstić information content (AvgIpc) is 2.78. The van der Waals surface area contributed by atoms with Crippen LogP contribution in [-0.4, -0.2) is 25.1 Å². The molecule has 0 spiro atoms. The Morgan fingerprint density at radius 3 is 1.90 bits per heavy atom. The summed E-state index contributed by atoms with van der Waals surface area (Å²) in [6.45, 7) is 5.10. The molecule has 0 atom stereocenters. The van der Waals surface area contributed by atoms with Crippen LogP contribution >= 0.6 is 0 Å². The number of aryl methyl sites for hydroxylation is 1. The van der Waals surface area contributed by atoms with E-state index in [1.807, 2.05) is 12.1 Å². The number of unbranched alkanes of at least 4 members (excludes halogenated alkanes) is 2. The third-order valence-corrected chi connectivity index (χ3v) is 4.18. The second kappa shape index (κ2) is 13.4. The first kappa shape index (κ1) is 24.2. The maximum absolute atomic E-state index is 14.3. The lowest BCUT2D eigenvalue weighted by atomic mass is 10.0. The zero-order chi connectivity index (χ0) is 21.6. The SMILES string of the molecule is C=C(C=O)CO.CCCCCc1ccc(/C(F)=C(\F)c2ccc(OC)cc2)cc1. The molecule has 29 heavy (non-hydrogen) atoms. The Balaban J connectivity index is 0.000000612. The molecule has 0 fully saturated rings. The van der Waals surface area contributed by atoms with Crippen molar-refractivity contribution in [1.82, 2.24) is 0 Å². The van der Waals surface area contributed by atoms with Gasteiger partial charge in [0, 0.05) is 16.7 Å². The molecular formula is C24H28F2O3. The molecule has 0 bridgehead atoms. The number of aliphatic hydroxyl groups is 1. The molecule has 0 saturated heterocycles. The van der Waals surface area contributed by atoms with E-state index in [9.17, 15) is 13.6 Å². The summed E-state index contributed by atoms with van der Waals surface area (Å²) in [5.74, 6) is -1.08. The van der Waals surface area contributed by atoms with Crippen LogP contribution in [0.25, 0.3) is 11.7 Å². The monoisotopic (exact) mass is 402 g/mol. The summed E-state index contributed by atoms with van der Waals surface area (Å²) in [6.07, 6.45) is 4.97. The first-order valence-electron chi connectivity index (χ1n) is 9.49. The summed E-state index contributed by atoms with van der Waals surface area (Å²) in [5.41, 5.74) is 1.84. The predicted octanol–water partition coefficient (Wildman–Crippen LogP) is 5.93. The molecule has 0 saturated carbocycles. The fourth-order valence-corrected chi connectivity index (χ4v) is 2.42. The van der Waals surface area contributed by atoms with E-state index in [-0.39, 0.29) is 23.3 Å². The third-order valence-electron chi connectivity index (χ3n) is 4.18. The number of hydrogen-bond donors (Lipinski definition) is 1. The van der Waals surface area contributed by atoms with Gasteiger partial charge in [0.25, 0.3) is 0 Å². The maximum atomic E-state index is 14.3. The van der Waals surface area contributed by atoms with Crippen LogP contribution in [0.15, 0.2) is 60.7 Å². The Hall–Kier alpha value is -2.79. The van der Waals surface area contributed by atoms with Crippen LogP contribution in [0.1, 0.15) is 42.9 Å². The number of carbonyl (C=O) groups is 1. The Labute approximate surface area is 171 Å². The van der Waals surface area contributed by atoms with Crippen molar-refractivity contribution in [1.29, 1.82) is 0 Å². The summed E-state index contributed by atoms with van der Waals surface area (Å²) in [5, 5.41) is 8.00. The lowest BCUT2D eigenvalue weighted by Crippen LogP contribution is -1.88. The Kier molecular flexibility index (Phi) is 11.2. The lowest BCUT2D eigenvalue weighted by Gasteiger charge is -2.05. The van der Waals surface area contributed by atoms with Crippen molar-refractivity contribution in [3.05, 3.63) is 77.4 Å². The van der Waals surface area contributed by atoms with Gasteiger partial charge >= 0.3 is 0 Å². The van der Waals surface area contributed by atoms with Crippen LogP contribution in [0.2, 0.25) is 0 Å².